The first kappa shape index (κ1) is 22.4. The largest absolute Gasteiger partial charge is 0.331 e. The van der Waals surface area contributed by atoms with Gasteiger partial charge in [0.1, 0.15) is 6.54 Å². The number of carbonyl (C=O) groups is 1. The Labute approximate surface area is 195 Å². The molecule has 3 aromatic carbocycles. The van der Waals surface area contributed by atoms with Crippen LogP contribution < -0.4 is 16.6 Å². The summed E-state index contributed by atoms with van der Waals surface area (Å²) >= 11 is 1.61. The standard InChI is InChI=1S/C26H23N3O3S/c30-24(27-22-13-7-8-14-23(22)33-19-21-11-5-2-6-12-21)18-29-25(31)15-16-28(26(29)32)17-20-9-3-1-4-10-20/h1-16H,17-19H2,(H,27,30). The normalized spacial score (nSPS) is 10.7. The minimum atomic E-state index is -0.520. The molecule has 166 valence electrons. The van der Waals surface area contributed by atoms with Crippen molar-refractivity contribution >= 4 is 23.4 Å². The van der Waals surface area contributed by atoms with E-state index in [1.807, 2.05) is 72.8 Å². The van der Waals surface area contributed by atoms with E-state index in [9.17, 15) is 14.4 Å². The highest BCUT2D eigenvalue weighted by atomic mass is 32.2. The molecule has 0 radical (unpaired) electrons. The number of aromatic nitrogens is 2. The zero-order valence-corrected chi connectivity index (χ0v) is 18.7. The highest BCUT2D eigenvalue weighted by molar-refractivity contribution is 7.98. The zero-order valence-electron chi connectivity index (χ0n) is 17.9. The van der Waals surface area contributed by atoms with Crippen molar-refractivity contribution in [3.05, 3.63) is 129 Å². The predicted octanol–water partition coefficient (Wildman–Crippen LogP) is 3.99. The van der Waals surface area contributed by atoms with E-state index in [1.54, 1.807) is 11.8 Å². The van der Waals surface area contributed by atoms with E-state index in [1.165, 1.54) is 22.4 Å². The van der Waals surface area contributed by atoms with E-state index in [2.05, 4.69) is 17.4 Å². The molecule has 4 rings (SSSR count). The van der Waals surface area contributed by atoms with Crippen molar-refractivity contribution in [2.75, 3.05) is 5.32 Å². The first-order chi connectivity index (χ1) is 16.1. The van der Waals surface area contributed by atoms with Gasteiger partial charge in [0.2, 0.25) is 5.91 Å². The zero-order chi connectivity index (χ0) is 23.0. The van der Waals surface area contributed by atoms with Crippen LogP contribution in [0.4, 0.5) is 5.69 Å². The third-order valence-corrected chi connectivity index (χ3v) is 6.18. The Kier molecular flexibility index (Phi) is 7.22. The van der Waals surface area contributed by atoms with Gasteiger partial charge >= 0.3 is 5.69 Å². The molecule has 1 amide bonds. The molecule has 1 heterocycles. The first-order valence-electron chi connectivity index (χ1n) is 10.5. The van der Waals surface area contributed by atoms with E-state index >= 15 is 0 Å². The topological polar surface area (TPSA) is 73.1 Å². The van der Waals surface area contributed by atoms with Crippen molar-refractivity contribution in [3.63, 3.8) is 0 Å². The van der Waals surface area contributed by atoms with Crippen molar-refractivity contribution in [2.45, 2.75) is 23.7 Å². The molecule has 7 heteroatoms. The molecule has 0 spiro atoms. The van der Waals surface area contributed by atoms with E-state index in [4.69, 9.17) is 0 Å². The molecule has 0 fully saturated rings. The van der Waals surface area contributed by atoms with E-state index in [-0.39, 0.29) is 6.54 Å². The number of anilines is 1. The number of para-hydroxylation sites is 1. The van der Waals surface area contributed by atoms with Crippen LogP contribution in [0.25, 0.3) is 0 Å². The number of nitrogens with zero attached hydrogens (tertiary/aromatic N) is 2. The molecule has 0 unspecified atom stereocenters. The van der Waals surface area contributed by atoms with Crippen LogP contribution >= 0.6 is 11.8 Å². The molecule has 6 nitrogen and oxygen atoms in total. The average Bonchev–Trinajstić information content (AvgIpc) is 2.84. The van der Waals surface area contributed by atoms with Crippen molar-refractivity contribution in [1.29, 1.82) is 0 Å². The minimum absolute atomic E-state index is 0.320. The molecule has 4 aromatic rings. The van der Waals surface area contributed by atoms with E-state index in [0.717, 1.165) is 20.8 Å². The van der Waals surface area contributed by atoms with Gasteiger partial charge in [0, 0.05) is 22.9 Å². The summed E-state index contributed by atoms with van der Waals surface area (Å²) in [5.41, 5.74) is 1.73. The van der Waals surface area contributed by atoms with Crippen LogP contribution in [0.2, 0.25) is 0 Å². The third-order valence-electron chi connectivity index (χ3n) is 5.04. The number of hydrogen-bond donors (Lipinski definition) is 1. The maximum Gasteiger partial charge on any atom is 0.331 e. The van der Waals surface area contributed by atoms with Gasteiger partial charge < -0.3 is 5.32 Å². The summed E-state index contributed by atoms with van der Waals surface area (Å²) in [4.78, 5) is 38.8. The monoisotopic (exact) mass is 457 g/mol. The molecule has 0 aliphatic rings. The number of thioether (sulfide) groups is 1. The quantitative estimate of drug-likeness (QED) is 0.406. The van der Waals surface area contributed by atoms with Crippen molar-refractivity contribution in [1.82, 2.24) is 9.13 Å². The fraction of sp³-hybridized carbons (Fsp3) is 0.115. The summed E-state index contributed by atoms with van der Waals surface area (Å²) in [6.07, 6.45) is 1.46. The molecular weight excluding hydrogens is 434 g/mol. The van der Waals surface area contributed by atoms with Gasteiger partial charge in [-0.1, -0.05) is 72.8 Å². The van der Waals surface area contributed by atoms with Crippen molar-refractivity contribution in [3.8, 4) is 0 Å². The van der Waals surface area contributed by atoms with Gasteiger partial charge in [0.05, 0.1) is 12.2 Å². The molecule has 0 saturated heterocycles. The van der Waals surface area contributed by atoms with Crippen LogP contribution in [-0.2, 0) is 23.6 Å². The van der Waals surface area contributed by atoms with Gasteiger partial charge in [-0.15, -0.1) is 11.8 Å². The Bertz CT molecular complexity index is 1350. The second-order valence-electron chi connectivity index (χ2n) is 7.45. The van der Waals surface area contributed by atoms with Gasteiger partial charge in [-0.25, -0.2) is 4.79 Å². The molecule has 33 heavy (non-hydrogen) atoms. The number of benzene rings is 3. The maximum atomic E-state index is 12.9. The van der Waals surface area contributed by atoms with Crippen LogP contribution in [-0.4, -0.2) is 15.0 Å². The highest BCUT2D eigenvalue weighted by Gasteiger charge is 2.12. The predicted molar refractivity (Wildman–Crippen MR) is 132 cm³/mol. The first-order valence-corrected chi connectivity index (χ1v) is 11.5. The van der Waals surface area contributed by atoms with Gasteiger partial charge in [0.15, 0.2) is 0 Å². The lowest BCUT2D eigenvalue weighted by atomic mass is 10.2. The Morgan fingerprint density at radius 1 is 0.788 bits per heavy atom. The summed E-state index contributed by atoms with van der Waals surface area (Å²) < 4.78 is 2.38. The fourth-order valence-electron chi connectivity index (χ4n) is 3.37. The average molecular weight is 458 g/mol. The van der Waals surface area contributed by atoms with Gasteiger partial charge in [-0.05, 0) is 23.3 Å². The number of hydrogen-bond acceptors (Lipinski definition) is 4. The Hall–Kier alpha value is -3.84. The summed E-state index contributed by atoms with van der Waals surface area (Å²) in [5, 5.41) is 2.85. The lowest BCUT2D eigenvalue weighted by Crippen LogP contribution is -2.41. The smallest absolute Gasteiger partial charge is 0.324 e. The molecule has 0 aliphatic heterocycles. The number of nitrogens with one attached hydrogen (secondary N) is 1. The van der Waals surface area contributed by atoms with Crippen LogP contribution in [0.5, 0.6) is 0 Å². The summed E-state index contributed by atoms with van der Waals surface area (Å²) in [6.45, 7) is -0.0362. The molecule has 1 N–H and O–H groups in total. The summed E-state index contributed by atoms with van der Waals surface area (Å²) in [5.74, 6) is 0.329. The molecule has 0 bridgehead atoms. The number of carbonyl (C=O) groups excluding carboxylic acids is 1. The van der Waals surface area contributed by atoms with Crippen LogP contribution in [0, 0.1) is 0 Å². The SMILES string of the molecule is O=C(Cn1c(=O)ccn(Cc2ccccc2)c1=O)Nc1ccccc1SCc1ccccc1. The summed E-state index contributed by atoms with van der Waals surface area (Å²) in [7, 11) is 0. The fourth-order valence-corrected chi connectivity index (χ4v) is 4.33. The minimum Gasteiger partial charge on any atom is -0.324 e. The molecular formula is C26H23N3O3S. The lowest BCUT2D eigenvalue weighted by molar-refractivity contribution is -0.116. The van der Waals surface area contributed by atoms with E-state index in [0.29, 0.717) is 12.2 Å². The van der Waals surface area contributed by atoms with Crippen molar-refractivity contribution < 1.29 is 4.79 Å². The molecule has 1 aromatic heterocycles. The van der Waals surface area contributed by atoms with Crippen LogP contribution in [0.15, 0.2) is 112 Å². The molecule has 0 aliphatic carbocycles. The highest BCUT2D eigenvalue weighted by Crippen LogP contribution is 2.29. The Morgan fingerprint density at radius 2 is 1.42 bits per heavy atom. The maximum absolute atomic E-state index is 12.9. The lowest BCUT2D eigenvalue weighted by Gasteiger charge is -2.13. The summed E-state index contributed by atoms with van der Waals surface area (Å²) in [6, 6.07) is 28.3. The van der Waals surface area contributed by atoms with Gasteiger partial charge in [-0.2, -0.15) is 0 Å². The molecule has 0 saturated carbocycles. The van der Waals surface area contributed by atoms with Crippen LogP contribution in [0.3, 0.4) is 0 Å². The van der Waals surface area contributed by atoms with Gasteiger partial charge in [0.25, 0.3) is 5.56 Å². The third kappa shape index (κ3) is 5.90. The van der Waals surface area contributed by atoms with Crippen molar-refractivity contribution in [2.24, 2.45) is 0 Å². The van der Waals surface area contributed by atoms with Gasteiger partial charge in [-0.3, -0.25) is 18.7 Å². The Morgan fingerprint density at radius 3 is 2.15 bits per heavy atom. The van der Waals surface area contributed by atoms with E-state index < -0.39 is 17.2 Å². The second kappa shape index (κ2) is 10.7. The molecule has 0 atom stereocenters. The number of rotatable bonds is 8. The number of amides is 1. The van der Waals surface area contributed by atoms with Crippen LogP contribution in [0.1, 0.15) is 11.1 Å². The Balaban J connectivity index is 1.48. The second-order valence-corrected chi connectivity index (χ2v) is 8.47.